The van der Waals surface area contributed by atoms with E-state index in [1.54, 1.807) is 4.90 Å². The Morgan fingerprint density at radius 3 is 2.58 bits per heavy atom. The summed E-state index contributed by atoms with van der Waals surface area (Å²) in [6, 6.07) is 6.56. The predicted molar refractivity (Wildman–Crippen MR) is 101 cm³/mol. The number of fused-ring (bicyclic) bond motifs is 1. The highest BCUT2D eigenvalue weighted by atomic mass is 16.2. The Morgan fingerprint density at radius 2 is 1.85 bits per heavy atom. The van der Waals surface area contributed by atoms with Crippen molar-refractivity contribution in [3.8, 4) is 0 Å². The normalized spacial score (nSPS) is 22.1. The van der Waals surface area contributed by atoms with Crippen LogP contribution in [-0.2, 0) is 4.79 Å². The standard InChI is InChI=1S/C20H24N4O2/c25-19-7-10-23(20(26)22-19)15-3-4-18-16(11-15)17(13-1-2-13)12-24(18)14-5-8-21-9-6-14/h3-4,11-14,21H,1-2,5-10H2,(H,22,25,26). The van der Waals surface area contributed by atoms with Gasteiger partial charge in [-0.25, -0.2) is 4.79 Å². The summed E-state index contributed by atoms with van der Waals surface area (Å²) in [6.07, 6.45) is 7.55. The SMILES string of the molecule is O=C1CCN(c2ccc3c(c2)c(C2CC2)cn3C2CCNCC2)C(=O)N1. The van der Waals surface area contributed by atoms with Crippen molar-refractivity contribution in [1.29, 1.82) is 0 Å². The van der Waals surface area contributed by atoms with Gasteiger partial charge in [0.1, 0.15) is 0 Å². The van der Waals surface area contributed by atoms with Crippen LogP contribution in [0, 0.1) is 0 Å². The van der Waals surface area contributed by atoms with Crippen LogP contribution in [0.2, 0.25) is 0 Å². The second-order valence-electron chi connectivity index (χ2n) is 7.70. The van der Waals surface area contributed by atoms with E-state index in [0.717, 1.165) is 31.6 Å². The number of imide groups is 1. The van der Waals surface area contributed by atoms with E-state index < -0.39 is 0 Å². The summed E-state index contributed by atoms with van der Waals surface area (Å²) < 4.78 is 2.47. The van der Waals surface area contributed by atoms with Crippen LogP contribution in [-0.4, -0.2) is 36.1 Å². The predicted octanol–water partition coefficient (Wildman–Crippen LogP) is 2.89. The molecule has 0 bridgehead atoms. The Bertz CT molecular complexity index is 877. The summed E-state index contributed by atoms with van der Waals surface area (Å²) in [7, 11) is 0. The maximum Gasteiger partial charge on any atom is 0.328 e. The van der Waals surface area contributed by atoms with Crippen molar-refractivity contribution in [2.24, 2.45) is 0 Å². The minimum Gasteiger partial charge on any atom is -0.344 e. The molecule has 6 nitrogen and oxygen atoms in total. The average Bonchev–Trinajstić information content (AvgIpc) is 3.43. The first kappa shape index (κ1) is 15.9. The van der Waals surface area contributed by atoms with Gasteiger partial charge in [-0.05, 0) is 68.5 Å². The zero-order valence-electron chi connectivity index (χ0n) is 14.8. The number of nitrogens with one attached hydrogen (secondary N) is 2. The first-order valence-electron chi connectivity index (χ1n) is 9.67. The maximum absolute atomic E-state index is 12.2. The number of hydrogen-bond acceptors (Lipinski definition) is 3. The Kier molecular flexibility index (Phi) is 3.74. The smallest absolute Gasteiger partial charge is 0.328 e. The van der Waals surface area contributed by atoms with Gasteiger partial charge in [-0.3, -0.25) is 15.0 Å². The first-order valence-corrected chi connectivity index (χ1v) is 9.67. The van der Waals surface area contributed by atoms with Crippen LogP contribution in [0.3, 0.4) is 0 Å². The molecule has 3 amide bonds. The Hall–Kier alpha value is -2.34. The molecule has 3 heterocycles. The average molecular weight is 352 g/mol. The molecule has 2 N–H and O–H groups in total. The molecule has 1 saturated carbocycles. The van der Waals surface area contributed by atoms with Gasteiger partial charge in [-0.15, -0.1) is 0 Å². The lowest BCUT2D eigenvalue weighted by molar-refractivity contribution is -0.120. The zero-order chi connectivity index (χ0) is 17.7. The quantitative estimate of drug-likeness (QED) is 0.893. The lowest BCUT2D eigenvalue weighted by Crippen LogP contribution is -2.49. The van der Waals surface area contributed by atoms with Gasteiger partial charge in [0, 0.05) is 41.8 Å². The Balaban J connectivity index is 1.56. The number of carbonyl (C=O) groups excluding carboxylic acids is 2. The van der Waals surface area contributed by atoms with E-state index in [-0.39, 0.29) is 11.9 Å². The van der Waals surface area contributed by atoms with Crippen LogP contribution in [0.25, 0.3) is 10.9 Å². The highest BCUT2D eigenvalue weighted by molar-refractivity contribution is 6.06. The summed E-state index contributed by atoms with van der Waals surface area (Å²) in [5.41, 5.74) is 3.58. The number of hydrogen-bond donors (Lipinski definition) is 2. The van der Waals surface area contributed by atoms with Crippen LogP contribution in [0.4, 0.5) is 10.5 Å². The van der Waals surface area contributed by atoms with Crippen LogP contribution < -0.4 is 15.5 Å². The summed E-state index contributed by atoms with van der Waals surface area (Å²) in [6.45, 7) is 2.59. The second-order valence-corrected chi connectivity index (χ2v) is 7.70. The molecule has 0 spiro atoms. The lowest BCUT2D eigenvalue weighted by atomic mass is 10.1. The van der Waals surface area contributed by atoms with Crippen LogP contribution >= 0.6 is 0 Å². The molecule has 2 aromatic rings. The van der Waals surface area contributed by atoms with Crippen LogP contribution in [0.1, 0.15) is 49.6 Å². The highest BCUT2D eigenvalue weighted by Gasteiger charge is 2.30. The third-order valence-corrected chi connectivity index (χ3v) is 5.93. The summed E-state index contributed by atoms with van der Waals surface area (Å²) in [4.78, 5) is 25.3. The van der Waals surface area contributed by atoms with Gasteiger partial charge in [0.2, 0.25) is 5.91 Å². The number of amides is 3. The topological polar surface area (TPSA) is 66.4 Å². The molecular weight excluding hydrogens is 328 g/mol. The maximum atomic E-state index is 12.2. The molecule has 5 rings (SSSR count). The molecule has 26 heavy (non-hydrogen) atoms. The number of rotatable bonds is 3. The molecule has 136 valence electrons. The summed E-state index contributed by atoms with van der Waals surface area (Å²) >= 11 is 0. The van der Waals surface area contributed by atoms with Crippen molar-refractivity contribution in [3.05, 3.63) is 30.0 Å². The molecule has 0 atom stereocenters. The number of carbonyl (C=O) groups is 2. The molecule has 2 saturated heterocycles. The van der Waals surface area contributed by atoms with E-state index in [9.17, 15) is 9.59 Å². The number of aromatic nitrogens is 1. The zero-order valence-corrected chi connectivity index (χ0v) is 14.8. The van der Waals surface area contributed by atoms with Gasteiger partial charge in [0.25, 0.3) is 0 Å². The number of anilines is 1. The molecule has 6 heteroatoms. The summed E-state index contributed by atoms with van der Waals surface area (Å²) in [5, 5.41) is 7.13. The van der Waals surface area contributed by atoms with Crippen molar-refractivity contribution in [2.75, 3.05) is 24.5 Å². The van der Waals surface area contributed by atoms with Gasteiger partial charge in [0.05, 0.1) is 0 Å². The van der Waals surface area contributed by atoms with Gasteiger partial charge in [-0.2, -0.15) is 0 Å². The van der Waals surface area contributed by atoms with E-state index in [4.69, 9.17) is 0 Å². The number of urea groups is 1. The molecule has 3 fully saturated rings. The third kappa shape index (κ3) is 2.69. The molecular formula is C20H24N4O2. The van der Waals surface area contributed by atoms with E-state index in [0.29, 0.717) is 24.9 Å². The van der Waals surface area contributed by atoms with Crippen molar-refractivity contribution in [2.45, 2.75) is 44.1 Å². The Labute approximate surface area is 152 Å². The van der Waals surface area contributed by atoms with Crippen molar-refractivity contribution < 1.29 is 9.59 Å². The molecule has 1 aliphatic carbocycles. The van der Waals surface area contributed by atoms with Gasteiger partial charge < -0.3 is 9.88 Å². The molecule has 3 aliphatic rings. The second kappa shape index (κ2) is 6.13. The van der Waals surface area contributed by atoms with Crippen molar-refractivity contribution >= 4 is 28.5 Å². The summed E-state index contributed by atoms with van der Waals surface area (Å²) in [5.74, 6) is 0.468. The highest BCUT2D eigenvalue weighted by Crippen LogP contribution is 2.45. The number of piperidine rings is 1. The molecule has 2 aliphatic heterocycles. The minimum absolute atomic E-state index is 0.192. The van der Waals surface area contributed by atoms with Gasteiger partial charge >= 0.3 is 6.03 Å². The van der Waals surface area contributed by atoms with Crippen LogP contribution in [0.5, 0.6) is 0 Å². The first-order chi connectivity index (χ1) is 12.7. The molecule has 1 aromatic carbocycles. The monoisotopic (exact) mass is 352 g/mol. The fourth-order valence-electron chi connectivity index (χ4n) is 4.35. The van der Waals surface area contributed by atoms with Crippen molar-refractivity contribution in [3.63, 3.8) is 0 Å². The van der Waals surface area contributed by atoms with Gasteiger partial charge in [0.15, 0.2) is 0 Å². The largest absolute Gasteiger partial charge is 0.344 e. The van der Waals surface area contributed by atoms with E-state index in [2.05, 4.69) is 33.5 Å². The Morgan fingerprint density at radius 1 is 1.04 bits per heavy atom. The number of benzene rings is 1. The lowest BCUT2D eigenvalue weighted by Gasteiger charge is -2.27. The van der Waals surface area contributed by atoms with Crippen LogP contribution in [0.15, 0.2) is 24.4 Å². The minimum atomic E-state index is -0.314. The van der Waals surface area contributed by atoms with E-state index in [1.165, 1.54) is 29.3 Å². The van der Waals surface area contributed by atoms with E-state index in [1.807, 2.05) is 6.07 Å². The van der Waals surface area contributed by atoms with Gasteiger partial charge in [-0.1, -0.05) is 0 Å². The molecule has 0 unspecified atom stereocenters. The molecule has 1 aromatic heterocycles. The fraction of sp³-hybridized carbons (Fsp3) is 0.500. The number of nitrogens with zero attached hydrogens (tertiary/aromatic N) is 2. The third-order valence-electron chi connectivity index (χ3n) is 5.93. The fourth-order valence-corrected chi connectivity index (χ4v) is 4.35. The van der Waals surface area contributed by atoms with E-state index >= 15 is 0 Å². The molecule has 0 radical (unpaired) electrons. The van der Waals surface area contributed by atoms with Crippen molar-refractivity contribution in [1.82, 2.24) is 15.2 Å².